The fraction of sp³-hybridized carbons (Fsp3) is 0.308. The van der Waals surface area contributed by atoms with Crippen LogP contribution in [0.15, 0.2) is 30.3 Å². The van der Waals surface area contributed by atoms with E-state index in [-0.39, 0.29) is 0 Å². The Morgan fingerprint density at radius 1 is 1.13 bits per heavy atom. The summed E-state index contributed by atoms with van der Waals surface area (Å²) in [4.78, 5) is 0. The number of pyridine rings is 1. The van der Waals surface area contributed by atoms with E-state index in [1.165, 1.54) is 24.1 Å². The van der Waals surface area contributed by atoms with E-state index < -0.39 is 0 Å². The molecule has 76 valence electrons. The number of rotatable bonds is 0. The third-order valence-electron chi connectivity index (χ3n) is 3.21. The summed E-state index contributed by atoms with van der Waals surface area (Å²) < 4.78 is 2.37. The molecule has 2 heteroatoms. The average Bonchev–Trinajstić information content (AvgIpc) is 2.30. The zero-order valence-corrected chi connectivity index (χ0v) is 8.66. The number of para-hydroxylation sites is 1. The molecule has 2 nitrogen and oxygen atoms in total. The molecule has 1 aromatic carbocycles. The van der Waals surface area contributed by atoms with Gasteiger partial charge in [-0.2, -0.15) is 0 Å². The van der Waals surface area contributed by atoms with E-state index in [4.69, 9.17) is 5.41 Å². The van der Waals surface area contributed by atoms with Gasteiger partial charge in [0.1, 0.15) is 0 Å². The highest BCUT2D eigenvalue weighted by Gasteiger charge is 2.10. The van der Waals surface area contributed by atoms with Crippen LogP contribution in [0.1, 0.15) is 18.5 Å². The highest BCUT2D eigenvalue weighted by molar-refractivity contribution is 5.78. The lowest BCUT2D eigenvalue weighted by atomic mass is 10.1. The Hall–Kier alpha value is -1.57. The van der Waals surface area contributed by atoms with E-state index in [0.29, 0.717) is 5.36 Å². The Labute approximate surface area is 88.7 Å². The molecule has 0 spiro atoms. The van der Waals surface area contributed by atoms with E-state index in [2.05, 4.69) is 16.7 Å². The quantitative estimate of drug-likeness (QED) is 0.673. The van der Waals surface area contributed by atoms with Crippen molar-refractivity contribution in [1.82, 2.24) is 4.57 Å². The van der Waals surface area contributed by atoms with Crippen LogP contribution in [-0.4, -0.2) is 4.57 Å². The summed E-state index contributed by atoms with van der Waals surface area (Å²) >= 11 is 0. The van der Waals surface area contributed by atoms with Crippen molar-refractivity contribution >= 4 is 10.9 Å². The molecule has 0 atom stereocenters. The van der Waals surface area contributed by atoms with Gasteiger partial charge in [0.05, 0.1) is 10.9 Å². The zero-order chi connectivity index (χ0) is 10.3. The molecule has 0 radical (unpaired) electrons. The number of nitrogens with zero attached hydrogens (tertiary/aromatic N) is 1. The van der Waals surface area contributed by atoms with Crippen LogP contribution in [-0.2, 0) is 13.0 Å². The van der Waals surface area contributed by atoms with Crippen molar-refractivity contribution in [3.05, 3.63) is 41.4 Å². The van der Waals surface area contributed by atoms with Gasteiger partial charge in [0.15, 0.2) is 0 Å². The van der Waals surface area contributed by atoms with Crippen molar-refractivity contribution in [3.63, 3.8) is 0 Å². The Bertz CT molecular complexity index is 566. The summed E-state index contributed by atoms with van der Waals surface area (Å²) in [6, 6.07) is 10.3. The first-order valence-corrected chi connectivity index (χ1v) is 5.52. The van der Waals surface area contributed by atoms with Gasteiger partial charge in [-0.15, -0.1) is 0 Å². The van der Waals surface area contributed by atoms with Crippen LogP contribution in [0, 0.1) is 5.41 Å². The number of aromatic nitrogens is 1. The van der Waals surface area contributed by atoms with Crippen LogP contribution in [0.4, 0.5) is 0 Å². The Kier molecular flexibility index (Phi) is 1.88. The smallest absolute Gasteiger partial charge is 0.0650 e. The third-order valence-corrected chi connectivity index (χ3v) is 3.21. The second-order valence-electron chi connectivity index (χ2n) is 4.18. The molecular weight excluding hydrogens is 184 g/mol. The lowest BCUT2D eigenvalue weighted by Gasteiger charge is -2.21. The molecule has 1 aromatic heterocycles. The SMILES string of the molecule is N=c1cc2n(c3ccccc13)CCCC2. The fourth-order valence-electron chi connectivity index (χ4n) is 2.46. The molecule has 3 rings (SSSR count). The van der Waals surface area contributed by atoms with Crippen LogP contribution in [0.3, 0.4) is 0 Å². The van der Waals surface area contributed by atoms with Crippen molar-refractivity contribution in [1.29, 1.82) is 5.41 Å². The summed E-state index contributed by atoms with van der Waals surface area (Å²) in [7, 11) is 0. The van der Waals surface area contributed by atoms with E-state index >= 15 is 0 Å². The molecule has 2 heterocycles. The number of nitrogens with one attached hydrogen (secondary N) is 1. The Balaban J connectivity index is 2.45. The van der Waals surface area contributed by atoms with Gasteiger partial charge < -0.3 is 9.98 Å². The maximum absolute atomic E-state index is 7.99. The summed E-state index contributed by atoms with van der Waals surface area (Å²) in [5, 5.41) is 9.73. The maximum atomic E-state index is 7.99. The number of aryl methyl sites for hydroxylation is 2. The number of hydrogen-bond donors (Lipinski definition) is 1. The first kappa shape index (κ1) is 8.72. The first-order valence-electron chi connectivity index (χ1n) is 5.52. The lowest BCUT2D eigenvalue weighted by Crippen LogP contribution is -2.18. The summed E-state index contributed by atoms with van der Waals surface area (Å²) in [6.45, 7) is 1.11. The topological polar surface area (TPSA) is 28.8 Å². The van der Waals surface area contributed by atoms with Gasteiger partial charge in [-0.1, -0.05) is 18.2 Å². The van der Waals surface area contributed by atoms with E-state index in [0.717, 1.165) is 18.4 Å². The van der Waals surface area contributed by atoms with E-state index in [1.54, 1.807) is 0 Å². The van der Waals surface area contributed by atoms with Crippen molar-refractivity contribution in [3.8, 4) is 0 Å². The number of hydrogen-bond acceptors (Lipinski definition) is 1. The molecule has 0 unspecified atom stereocenters. The maximum Gasteiger partial charge on any atom is 0.0650 e. The Morgan fingerprint density at radius 3 is 2.93 bits per heavy atom. The normalized spacial score (nSPS) is 15.2. The van der Waals surface area contributed by atoms with Crippen molar-refractivity contribution in [2.75, 3.05) is 0 Å². The molecule has 0 fully saturated rings. The molecular formula is C13H14N2. The van der Waals surface area contributed by atoms with Crippen LogP contribution in [0.5, 0.6) is 0 Å². The highest BCUT2D eigenvalue weighted by Crippen LogP contribution is 2.19. The minimum absolute atomic E-state index is 0.666. The molecule has 0 bridgehead atoms. The van der Waals surface area contributed by atoms with Crippen LogP contribution in [0.2, 0.25) is 0 Å². The van der Waals surface area contributed by atoms with Crippen LogP contribution < -0.4 is 5.36 Å². The lowest BCUT2D eigenvalue weighted by molar-refractivity contribution is 0.539. The second kappa shape index (κ2) is 3.23. The molecule has 2 aromatic rings. The van der Waals surface area contributed by atoms with E-state index in [1.807, 2.05) is 18.2 Å². The fourth-order valence-corrected chi connectivity index (χ4v) is 2.46. The predicted molar refractivity (Wildman–Crippen MR) is 60.7 cm³/mol. The average molecular weight is 198 g/mol. The van der Waals surface area contributed by atoms with Crippen LogP contribution in [0.25, 0.3) is 10.9 Å². The highest BCUT2D eigenvalue weighted by atomic mass is 15.0. The molecule has 1 aliphatic heterocycles. The van der Waals surface area contributed by atoms with Crippen molar-refractivity contribution in [2.24, 2.45) is 0 Å². The van der Waals surface area contributed by atoms with Gasteiger partial charge in [-0.25, -0.2) is 0 Å². The summed E-state index contributed by atoms with van der Waals surface area (Å²) in [6.07, 6.45) is 3.65. The van der Waals surface area contributed by atoms with Gasteiger partial charge in [0.2, 0.25) is 0 Å². The Morgan fingerprint density at radius 2 is 2.00 bits per heavy atom. The van der Waals surface area contributed by atoms with Gasteiger partial charge in [-0.05, 0) is 31.4 Å². The molecule has 0 aliphatic carbocycles. The largest absolute Gasteiger partial charge is 0.344 e. The predicted octanol–water partition coefficient (Wildman–Crippen LogP) is 2.46. The molecule has 1 N–H and O–H groups in total. The standard InChI is InChI=1S/C13H14N2/c14-12-9-10-5-3-4-8-15(10)13-7-2-1-6-11(12)13/h1-2,6-7,9,14H,3-5,8H2. The minimum atomic E-state index is 0.666. The molecule has 0 saturated carbocycles. The monoisotopic (exact) mass is 198 g/mol. The van der Waals surface area contributed by atoms with Gasteiger partial charge in [0.25, 0.3) is 0 Å². The van der Waals surface area contributed by atoms with Crippen molar-refractivity contribution < 1.29 is 0 Å². The van der Waals surface area contributed by atoms with Crippen LogP contribution >= 0.6 is 0 Å². The van der Waals surface area contributed by atoms with Gasteiger partial charge >= 0.3 is 0 Å². The summed E-state index contributed by atoms with van der Waals surface area (Å²) in [5.74, 6) is 0. The minimum Gasteiger partial charge on any atom is -0.344 e. The van der Waals surface area contributed by atoms with E-state index in [9.17, 15) is 0 Å². The molecule has 1 aliphatic rings. The molecule has 15 heavy (non-hydrogen) atoms. The molecule has 0 amide bonds. The number of benzene rings is 1. The second-order valence-corrected chi connectivity index (χ2v) is 4.18. The van der Waals surface area contributed by atoms with Crippen molar-refractivity contribution in [2.45, 2.75) is 25.8 Å². The number of fused-ring (bicyclic) bond motifs is 3. The third kappa shape index (κ3) is 1.29. The summed E-state index contributed by atoms with van der Waals surface area (Å²) in [5.41, 5.74) is 2.55. The first-order chi connectivity index (χ1) is 7.36. The van der Waals surface area contributed by atoms with Gasteiger partial charge in [-0.3, -0.25) is 0 Å². The zero-order valence-electron chi connectivity index (χ0n) is 8.66. The molecule has 0 saturated heterocycles. The van der Waals surface area contributed by atoms with Gasteiger partial charge in [0, 0.05) is 17.6 Å².